The number of unbranched alkanes of at least 4 members (excludes halogenated alkanes) is 18. The summed E-state index contributed by atoms with van der Waals surface area (Å²) in [5, 5.41) is 8.82. The van der Waals surface area contributed by atoms with Gasteiger partial charge in [-0.15, -0.1) is 0 Å². The number of nitrogens with one attached hydrogen (secondary N) is 2. The topological polar surface area (TPSA) is 63.1 Å². The smallest absolute Gasteiger partial charge is 0.242 e. The Hall–Kier alpha value is -2.82. The van der Waals surface area contributed by atoms with Crippen molar-refractivity contribution in [3.05, 3.63) is 48.5 Å². The molecule has 0 aliphatic carbocycles. The lowest BCUT2D eigenvalue weighted by Crippen LogP contribution is -2.50. The molecule has 1 heterocycles. The number of carbonyl (C=O) groups is 2. The first-order chi connectivity index (χ1) is 23.6. The highest BCUT2D eigenvalue weighted by molar-refractivity contribution is 6.07. The largest absolute Gasteiger partial charge is 0.354 e. The van der Waals surface area contributed by atoms with Crippen LogP contribution in [0.4, 0.5) is 0 Å². The van der Waals surface area contributed by atoms with Gasteiger partial charge in [0, 0.05) is 41.3 Å². The quantitative estimate of drug-likeness (QED) is 0.0762. The summed E-state index contributed by atoms with van der Waals surface area (Å²) in [4.78, 5) is 25.9. The zero-order chi connectivity index (χ0) is 34.2. The first-order valence-electron chi connectivity index (χ1n) is 20.1. The van der Waals surface area contributed by atoms with E-state index in [1.165, 1.54) is 112 Å². The minimum absolute atomic E-state index is 0.000238. The van der Waals surface area contributed by atoms with Crippen LogP contribution in [0.15, 0.2) is 48.5 Å². The van der Waals surface area contributed by atoms with Crippen LogP contribution in [-0.2, 0) is 16.1 Å². The molecular weight excluding hydrogens is 590 g/mol. The molecule has 5 heteroatoms. The first-order valence-corrected chi connectivity index (χ1v) is 20.1. The third-order valence-electron chi connectivity index (χ3n) is 10.4. The van der Waals surface area contributed by atoms with Crippen LogP contribution in [-0.4, -0.2) is 29.0 Å². The Morgan fingerprint density at radius 1 is 0.604 bits per heavy atom. The second kappa shape index (κ2) is 24.3. The van der Waals surface area contributed by atoms with Gasteiger partial charge in [-0.25, -0.2) is 0 Å². The van der Waals surface area contributed by atoms with Gasteiger partial charge in [0.1, 0.15) is 6.04 Å². The molecule has 2 aromatic carbocycles. The molecule has 0 radical (unpaired) electrons. The fraction of sp³-hybridized carbons (Fsp3) is 0.674. The van der Waals surface area contributed by atoms with E-state index in [2.05, 4.69) is 84.5 Å². The molecule has 3 aromatic rings. The van der Waals surface area contributed by atoms with E-state index >= 15 is 0 Å². The Kier molecular flexibility index (Phi) is 20.1. The Morgan fingerprint density at radius 3 is 1.58 bits per heavy atom. The molecule has 3 rings (SSSR count). The predicted molar refractivity (Wildman–Crippen MR) is 206 cm³/mol. The average molecular weight is 660 g/mol. The molecule has 0 spiro atoms. The predicted octanol–water partition coefficient (Wildman–Crippen LogP) is 11.7. The van der Waals surface area contributed by atoms with E-state index in [0.717, 1.165) is 51.5 Å². The van der Waals surface area contributed by atoms with Crippen molar-refractivity contribution < 1.29 is 9.59 Å². The Balaban J connectivity index is 1.20. The first kappa shape index (κ1) is 39.6. The summed E-state index contributed by atoms with van der Waals surface area (Å²) in [6.07, 6.45) is 26.9. The van der Waals surface area contributed by atoms with Gasteiger partial charge in [0.2, 0.25) is 11.8 Å². The number of hydrogen-bond donors (Lipinski definition) is 2. The maximum absolute atomic E-state index is 13.0. The van der Waals surface area contributed by atoms with Crippen LogP contribution >= 0.6 is 0 Å². The van der Waals surface area contributed by atoms with E-state index in [4.69, 9.17) is 0 Å². The molecule has 0 unspecified atom stereocenters. The van der Waals surface area contributed by atoms with Gasteiger partial charge < -0.3 is 15.2 Å². The van der Waals surface area contributed by atoms with Crippen molar-refractivity contribution in [3.8, 4) is 0 Å². The molecule has 268 valence electrons. The van der Waals surface area contributed by atoms with Gasteiger partial charge in [0.05, 0.1) is 0 Å². The molecule has 2 atom stereocenters. The monoisotopic (exact) mass is 660 g/mol. The highest BCUT2D eigenvalue weighted by Gasteiger charge is 2.25. The van der Waals surface area contributed by atoms with Crippen molar-refractivity contribution in [2.75, 3.05) is 6.54 Å². The fourth-order valence-corrected chi connectivity index (χ4v) is 7.10. The number of benzene rings is 2. The number of aromatic nitrogens is 1. The van der Waals surface area contributed by atoms with E-state index in [1.807, 2.05) is 0 Å². The van der Waals surface area contributed by atoms with E-state index in [0.29, 0.717) is 13.0 Å². The number of amides is 2. The summed E-state index contributed by atoms with van der Waals surface area (Å²) in [5.74, 6) is 0.0936. The van der Waals surface area contributed by atoms with Gasteiger partial charge in [0.25, 0.3) is 0 Å². The summed E-state index contributed by atoms with van der Waals surface area (Å²) in [6.45, 7) is 8.12. The molecule has 0 bridgehead atoms. The van der Waals surface area contributed by atoms with Gasteiger partial charge in [-0.05, 0) is 37.3 Å². The molecule has 0 aliphatic heterocycles. The molecule has 1 aromatic heterocycles. The van der Waals surface area contributed by atoms with Crippen molar-refractivity contribution in [1.82, 2.24) is 15.2 Å². The summed E-state index contributed by atoms with van der Waals surface area (Å²) < 4.78 is 2.44. The van der Waals surface area contributed by atoms with Gasteiger partial charge in [-0.2, -0.15) is 0 Å². The van der Waals surface area contributed by atoms with Crippen molar-refractivity contribution in [3.63, 3.8) is 0 Å². The lowest BCUT2D eigenvalue weighted by Gasteiger charge is -2.23. The Morgan fingerprint density at radius 2 is 1.06 bits per heavy atom. The normalized spacial score (nSPS) is 12.8. The van der Waals surface area contributed by atoms with Crippen LogP contribution in [0.25, 0.3) is 21.8 Å². The molecule has 0 aliphatic rings. The summed E-state index contributed by atoms with van der Waals surface area (Å²) in [7, 11) is 0. The van der Waals surface area contributed by atoms with Crippen molar-refractivity contribution in [2.45, 2.75) is 175 Å². The van der Waals surface area contributed by atoms with Crippen molar-refractivity contribution in [1.29, 1.82) is 0 Å². The molecule has 0 saturated carbocycles. The Labute approximate surface area is 293 Å². The van der Waals surface area contributed by atoms with Gasteiger partial charge in [0.15, 0.2) is 0 Å². The molecule has 0 saturated heterocycles. The molecule has 2 N–H and O–H groups in total. The third-order valence-corrected chi connectivity index (χ3v) is 10.4. The number of nitrogens with zero attached hydrogens (tertiary/aromatic N) is 1. The molecule has 0 fully saturated rings. The molecule has 5 nitrogen and oxygen atoms in total. The van der Waals surface area contributed by atoms with E-state index in [-0.39, 0.29) is 17.7 Å². The SMILES string of the molecule is CCCCCCCCCCCCCCCCCCNC(=O)[C@@H](NC(=O)CCCCCCn1c2ccccc2c2ccccc21)[C@@H](C)CC. The van der Waals surface area contributed by atoms with E-state index in [9.17, 15) is 9.59 Å². The zero-order valence-electron chi connectivity index (χ0n) is 31.0. The number of hydrogen-bond acceptors (Lipinski definition) is 2. The standard InChI is InChI=1S/C43H69N3O2/c1-4-6-7-8-9-10-11-12-13-14-15-16-17-18-20-27-34-44-43(48)42(36(3)5-2)45-41(47)33-22-19-21-28-35-46-39-31-25-23-29-37(39)38-30-24-26-32-40(38)46/h23-26,29-32,36,42H,4-22,27-28,33-35H2,1-3H3,(H,44,48)(H,45,47)/t36-,42-/m0/s1. The second-order valence-electron chi connectivity index (χ2n) is 14.4. The van der Waals surface area contributed by atoms with Gasteiger partial charge in [-0.3, -0.25) is 9.59 Å². The minimum Gasteiger partial charge on any atom is -0.354 e. The van der Waals surface area contributed by atoms with E-state index in [1.54, 1.807) is 0 Å². The number of fused-ring (bicyclic) bond motifs is 3. The summed E-state index contributed by atoms with van der Waals surface area (Å²) >= 11 is 0. The molecule has 2 amide bonds. The van der Waals surface area contributed by atoms with Crippen LogP contribution in [0.2, 0.25) is 0 Å². The molecule has 48 heavy (non-hydrogen) atoms. The zero-order valence-corrected chi connectivity index (χ0v) is 31.0. The number of para-hydroxylation sites is 2. The van der Waals surface area contributed by atoms with Crippen LogP contribution in [0.1, 0.15) is 162 Å². The van der Waals surface area contributed by atoms with Crippen molar-refractivity contribution >= 4 is 33.6 Å². The van der Waals surface area contributed by atoms with Gasteiger partial charge in [-0.1, -0.05) is 173 Å². The van der Waals surface area contributed by atoms with Gasteiger partial charge >= 0.3 is 0 Å². The minimum atomic E-state index is -0.445. The van der Waals surface area contributed by atoms with Crippen LogP contribution in [0, 0.1) is 5.92 Å². The van der Waals surface area contributed by atoms with Crippen LogP contribution in [0.3, 0.4) is 0 Å². The number of aryl methyl sites for hydroxylation is 1. The van der Waals surface area contributed by atoms with Crippen LogP contribution in [0.5, 0.6) is 0 Å². The number of rotatable bonds is 28. The number of carbonyl (C=O) groups excluding carboxylic acids is 2. The Bertz CT molecular complexity index is 1240. The summed E-state index contributed by atoms with van der Waals surface area (Å²) in [6, 6.07) is 16.9. The lowest BCUT2D eigenvalue weighted by molar-refractivity contribution is -0.130. The highest BCUT2D eigenvalue weighted by Crippen LogP contribution is 2.29. The van der Waals surface area contributed by atoms with Crippen LogP contribution < -0.4 is 10.6 Å². The second-order valence-corrected chi connectivity index (χ2v) is 14.4. The lowest BCUT2D eigenvalue weighted by atomic mass is 9.98. The average Bonchev–Trinajstić information content (AvgIpc) is 3.43. The maximum Gasteiger partial charge on any atom is 0.242 e. The summed E-state index contributed by atoms with van der Waals surface area (Å²) in [5.41, 5.74) is 2.59. The molecular formula is C43H69N3O2. The fourth-order valence-electron chi connectivity index (χ4n) is 7.10. The van der Waals surface area contributed by atoms with E-state index < -0.39 is 6.04 Å². The third kappa shape index (κ3) is 14.3. The van der Waals surface area contributed by atoms with Crippen molar-refractivity contribution in [2.24, 2.45) is 5.92 Å². The maximum atomic E-state index is 13.0. The highest BCUT2D eigenvalue weighted by atomic mass is 16.2.